The van der Waals surface area contributed by atoms with Crippen LogP contribution in [0, 0.1) is 5.82 Å². The zero-order valence-electron chi connectivity index (χ0n) is 20.9. The highest BCUT2D eigenvalue weighted by Gasteiger charge is 2.26. The van der Waals surface area contributed by atoms with Crippen molar-refractivity contribution in [2.24, 2.45) is 0 Å². The second-order valence-electron chi connectivity index (χ2n) is 9.25. The van der Waals surface area contributed by atoms with Gasteiger partial charge in [0.05, 0.1) is 24.1 Å². The van der Waals surface area contributed by atoms with Crippen molar-refractivity contribution in [1.29, 1.82) is 0 Å². The van der Waals surface area contributed by atoms with Gasteiger partial charge in [-0.15, -0.1) is 0 Å². The maximum absolute atomic E-state index is 14.1. The second kappa shape index (κ2) is 11.0. The van der Waals surface area contributed by atoms with Gasteiger partial charge < -0.3 is 19.4 Å². The number of anilines is 2. The number of nitrogens with zero attached hydrogens (tertiary/aromatic N) is 5. The summed E-state index contributed by atoms with van der Waals surface area (Å²) in [5.74, 6) is 0.809. The van der Waals surface area contributed by atoms with Gasteiger partial charge in [0.1, 0.15) is 11.6 Å². The number of benzene rings is 2. The number of para-hydroxylation sites is 2. The molecule has 10 heteroatoms. The zero-order chi connectivity index (χ0) is 25.8. The van der Waals surface area contributed by atoms with Crippen molar-refractivity contribution in [2.75, 3.05) is 69.3 Å². The highest BCUT2D eigenvalue weighted by atomic mass is 19.1. The Kier molecular flexibility index (Phi) is 7.36. The number of aromatic amines is 1. The van der Waals surface area contributed by atoms with E-state index in [0.29, 0.717) is 74.5 Å². The predicted octanol–water partition coefficient (Wildman–Crippen LogP) is 2.20. The Morgan fingerprint density at radius 3 is 2.35 bits per heavy atom. The van der Waals surface area contributed by atoms with Crippen LogP contribution in [0.25, 0.3) is 0 Å². The molecule has 1 aromatic heterocycles. The molecule has 37 heavy (non-hydrogen) atoms. The molecule has 0 aliphatic carbocycles. The highest BCUT2D eigenvalue weighted by Crippen LogP contribution is 2.22. The van der Waals surface area contributed by atoms with Crippen molar-refractivity contribution in [3.05, 3.63) is 82.0 Å². The number of rotatable bonds is 6. The molecule has 9 nitrogen and oxygen atoms in total. The Balaban J connectivity index is 1.19. The topological polar surface area (TPSA) is 85.0 Å². The fourth-order valence-electron chi connectivity index (χ4n) is 4.92. The van der Waals surface area contributed by atoms with Crippen LogP contribution in [0.2, 0.25) is 0 Å². The summed E-state index contributed by atoms with van der Waals surface area (Å²) >= 11 is 0. The zero-order valence-corrected chi connectivity index (χ0v) is 20.9. The van der Waals surface area contributed by atoms with E-state index in [1.54, 1.807) is 36.3 Å². The van der Waals surface area contributed by atoms with Gasteiger partial charge in [-0.2, -0.15) is 0 Å². The molecule has 0 radical (unpaired) electrons. The molecule has 0 unspecified atom stereocenters. The summed E-state index contributed by atoms with van der Waals surface area (Å²) in [7, 11) is 1.56. The van der Waals surface area contributed by atoms with Crippen LogP contribution >= 0.6 is 0 Å². The van der Waals surface area contributed by atoms with Crippen molar-refractivity contribution >= 4 is 17.5 Å². The summed E-state index contributed by atoms with van der Waals surface area (Å²) in [5, 5.41) is 0. The van der Waals surface area contributed by atoms with Gasteiger partial charge in [0.2, 0.25) is 5.95 Å². The van der Waals surface area contributed by atoms with Crippen LogP contribution in [0.4, 0.5) is 16.0 Å². The third-order valence-electron chi connectivity index (χ3n) is 6.94. The molecule has 2 fully saturated rings. The predicted molar refractivity (Wildman–Crippen MR) is 140 cm³/mol. The van der Waals surface area contributed by atoms with Crippen molar-refractivity contribution in [2.45, 2.75) is 6.54 Å². The number of carbonyl (C=O) groups excluding carboxylic acids is 1. The summed E-state index contributed by atoms with van der Waals surface area (Å²) in [5.41, 5.74) is 1.67. The number of halogens is 1. The Hall–Kier alpha value is -3.92. The van der Waals surface area contributed by atoms with E-state index in [2.05, 4.69) is 9.88 Å². The second-order valence-corrected chi connectivity index (χ2v) is 9.25. The van der Waals surface area contributed by atoms with E-state index in [9.17, 15) is 14.0 Å². The first-order valence-electron chi connectivity index (χ1n) is 12.5. The quantitative estimate of drug-likeness (QED) is 0.549. The van der Waals surface area contributed by atoms with Gasteiger partial charge in [0.25, 0.3) is 11.5 Å². The lowest BCUT2D eigenvalue weighted by atomic mass is 10.1. The fraction of sp³-hybridized carbons (Fsp3) is 0.370. The third-order valence-corrected chi connectivity index (χ3v) is 6.94. The molecule has 1 N–H and O–H groups in total. The normalized spacial score (nSPS) is 16.6. The minimum atomic E-state index is -0.207. The molecule has 2 aliphatic rings. The summed E-state index contributed by atoms with van der Waals surface area (Å²) in [6.45, 7) is 5.63. The van der Waals surface area contributed by atoms with E-state index in [1.165, 1.54) is 12.1 Å². The smallest absolute Gasteiger partial charge is 0.257 e. The first kappa shape index (κ1) is 24.8. The lowest BCUT2D eigenvalue weighted by Gasteiger charge is -2.36. The first-order chi connectivity index (χ1) is 18.0. The molecule has 1 amide bonds. The van der Waals surface area contributed by atoms with E-state index in [1.807, 2.05) is 28.0 Å². The Morgan fingerprint density at radius 2 is 1.62 bits per heavy atom. The summed E-state index contributed by atoms with van der Waals surface area (Å²) in [4.78, 5) is 41.1. The van der Waals surface area contributed by atoms with Gasteiger partial charge in [0, 0.05) is 65.0 Å². The van der Waals surface area contributed by atoms with Crippen LogP contribution in [-0.4, -0.2) is 85.1 Å². The highest BCUT2D eigenvalue weighted by molar-refractivity contribution is 5.97. The maximum Gasteiger partial charge on any atom is 0.257 e. The summed E-state index contributed by atoms with van der Waals surface area (Å²) in [6, 6.07) is 15.6. The number of piperazine rings is 2. The minimum Gasteiger partial charge on any atom is -0.496 e. The lowest BCUT2D eigenvalue weighted by Crippen LogP contribution is -2.49. The van der Waals surface area contributed by atoms with Crippen LogP contribution in [0.5, 0.6) is 5.75 Å². The molecule has 2 aliphatic heterocycles. The first-order valence-corrected chi connectivity index (χ1v) is 12.5. The van der Waals surface area contributed by atoms with E-state index in [0.717, 1.165) is 13.1 Å². The number of hydrogen-bond acceptors (Lipinski definition) is 7. The molecule has 3 aromatic rings. The third kappa shape index (κ3) is 5.59. The number of hydrogen-bond donors (Lipinski definition) is 1. The summed E-state index contributed by atoms with van der Waals surface area (Å²) < 4.78 is 19.5. The average molecular weight is 507 g/mol. The molecule has 2 saturated heterocycles. The van der Waals surface area contributed by atoms with Crippen LogP contribution in [0.3, 0.4) is 0 Å². The van der Waals surface area contributed by atoms with Gasteiger partial charge in [-0.25, -0.2) is 9.37 Å². The van der Waals surface area contributed by atoms with Crippen LogP contribution in [0.1, 0.15) is 16.1 Å². The lowest BCUT2D eigenvalue weighted by molar-refractivity contribution is 0.0742. The Bertz CT molecular complexity index is 1300. The fourth-order valence-corrected chi connectivity index (χ4v) is 4.92. The van der Waals surface area contributed by atoms with Crippen molar-refractivity contribution in [1.82, 2.24) is 19.8 Å². The van der Waals surface area contributed by atoms with Gasteiger partial charge in [0.15, 0.2) is 0 Å². The van der Waals surface area contributed by atoms with Gasteiger partial charge in [-0.3, -0.25) is 19.5 Å². The van der Waals surface area contributed by atoms with E-state index < -0.39 is 0 Å². The number of aromatic nitrogens is 2. The number of nitrogens with one attached hydrogen (secondary N) is 1. The van der Waals surface area contributed by atoms with Crippen LogP contribution < -0.4 is 20.1 Å². The number of amides is 1. The standard InChI is InChI=1S/C27H31FN6O3/c1-37-24-9-5-2-6-21(24)26(36)33-14-16-34(17-15-33)27-29-20(18-25(35)30-27)19-31-10-12-32(13-11-31)23-8-4-3-7-22(23)28/h2-9,18H,10-17,19H2,1H3,(H,29,30,35). The summed E-state index contributed by atoms with van der Waals surface area (Å²) in [6.07, 6.45) is 0. The molecular formula is C27H31FN6O3. The van der Waals surface area contributed by atoms with Gasteiger partial charge >= 0.3 is 0 Å². The molecule has 194 valence electrons. The molecule has 5 rings (SSSR count). The Labute approximate surface area is 215 Å². The van der Waals surface area contributed by atoms with E-state index in [4.69, 9.17) is 9.72 Å². The molecule has 0 spiro atoms. The van der Waals surface area contributed by atoms with Gasteiger partial charge in [-0.05, 0) is 24.3 Å². The number of H-pyrrole nitrogens is 1. The van der Waals surface area contributed by atoms with Gasteiger partial charge in [-0.1, -0.05) is 24.3 Å². The van der Waals surface area contributed by atoms with Crippen LogP contribution in [0.15, 0.2) is 59.4 Å². The molecule has 2 aromatic carbocycles. The number of methoxy groups -OCH3 is 1. The maximum atomic E-state index is 14.1. The molecule has 3 heterocycles. The van der Waals surface area contributed by atoms with Crippen molar-refractivity contribution in [3.63, 3.8) is 0 Å². The SMILES string of the molecule is COc1ccccc1C(=O)N1CCN(c2nc(CN3CCN(c4ccccc4F)CC3)cc(=O)[nH]2)CC1. The van der Waals surface area contributed by atoms with Crippen molar-refractivity contribution < 1.29 is 13.9 Å². The monoisotopic (exact) mass is 506 g/mol. The average Bonchev–Trinajstić information content (AvgIpc) is 2.93. The largest absolute Gasteiger partial charge is 0.496 e. The Morgan fingerprint density at radius 1 is 0.946 bits per heavy atom. The number of carbonyl (C=O) groups is 1. The minimum absolute atomic E-state index is 0.0678. The van der Waals surface area contributed by atoms with E-state index in [-0.39, 0.29) is 17.3 Å². The molecular weight excluding hydrogens is 475 g/mol. The van der Waals surface area contributed by atoms with Crippen LogP contribution in [-0.2, 0) is 6.54 Å². The molecule has 0 saturated carbocycles. The molecule has 0 atom stereocenters. The number of ether oxygens (including phenoxy) is 1. The molecule has 0 bridgehead atoms. The van der Waals surface area contributed by atoms with Crippen molar-refractivity contribution in [3.8, 4) is 5.75 Å². The van der Waals surface area contributed by atoms with E-state index >= 15 is 0 Å².